The Morgan fingerprint density at radius 1 is 0.831 bits per heavy atom. The van der Waals surface area contributed by atoms with E-state index in [4.69, 9.17) is 9.64 Å². The van der Waals surface area contributed by atoms with E-state index in [9.17, 15) is 24.7 Å². The molecule has 7 rings (SSSR count). The first kappa shape index (κ1) is 46.6. The summed E-state index contributed by atoms with van der Waals surface area (Å²) in [5, 5.41) is 30.2. The van der Waals surface area contributed by atoms with Crippen LogP contribution in [0.1, 0.15) is 105 Å². The van der Waals surface area contributed by atoms with Crippen molar-refractivity contribution in [2.24, 2.45) is 0 Å². The largest absolute Gasteiger partial charge is 0.569 e. The van der Waals surface area contributed by atoms with Crippen molar-refractivity contribution in [1.82, 2.24) is 4.98 Å². The van der Waals surface area contributed by atoms with Gasteiger partial charge in [0.1, 0.15) is 5.75 Å². The molecule has 0 aliphatic carbocycles. The van der Waals surface area contributed by atoms with E-state index in [0.717, 1.165) is 57.9 Å². The minimum Gasteiger partial charge on any atom is -0.537 e. The van der Waals surface area contributed by atoms with Crippen molar-refractivity contribution in [3.05, 3.63) is 191 Å². The molecule has 1 aromatic heterocycles. The number of benzene rings is 4. The van der Waals surface area contributed by atoms with Crippen molar-refractivity contribution in [3.8, 4) is 5.75 Å². The number of pyridine rings is 1. The number of allylic oxidation sites excluding steroid dienone is 7. The van der Waals surface area contributed by atoms with Gasteiger partial charge in [0.15, 0.2) is 23.8 Å². The first-order chi connectivity index (χ1) is 31.2. The van der Waals surface area contributed by atoms with Crippen LogP contribution < -0.4 is 15.0 Å². The second-order valence-corrected chi connectivity index (χ2v) is 17.9. The molecule has 2 aliphatic rings. The number of unbranched alkanes of at least 4 members (excludes halogenated alkanes) is 2. The Hall–Kier alpha value is -6.39. The Labute approximate surface area is 384 Å². The maximum atomic E-state index is 13.4. The fourth-order valence-electron chi connectivity index (χ4n) is 9.10. The van der Waals surface area contributed by atoms with Crippen LogP contribution in [0, 0.1) is 0 Å². The van der Waals surface area contributed by atoms with E-state index in [0.29, 0.717) is 68.1 Å². The highest BCUT2D eigenvalue weighted by Gasteiger charge is 2.44. The lowest BCUT2D eigenvalue weighted by molar-refractivity contribution is -0.455. The standard InChI is InChI=1S/C54H57B2N3O6/c1-37(2)48(60)25-8-7-9-26-49(61)39-28-31-45(57-34-39)38(29-32-51-53(3,4)42-20-12-15-23-46(42)58(51)35-40-18-10-14-22-44(40)56(63)64)30-33-52-54(5,6)43-21-13-16-24-47(43)59(52)36-41-19-11-17-27-50(41)65-55-62/h10-24,27-34,62-64H,1,7-9,25-26,35-36H2,2-6H3/q+1. The maximum absolute atomic E-state index is 13.4. The van der Waals surface area contributed by atoms with E-state index in [1.54, 1.807) is 19.2 Å². The first-order valence-corrected chi connectivity index (χ1v) is 22.3. The summed E-state index contributed by atoms with van der Waals surface area (Å²) in [6.07, 6.45) is 13.1. The van der Waals surface area contributed by atoms with Gasteiger partial charge in [0.2, 0.25) is 5.69 Å². The van der Waals surface area contributed by atoms with E-state index in [1.807, 2.05) is 72.8 Å². The summed E-state index contributed by atoms with van der Waals surface area (Å²) in [6.45, 7) is 15.2. The van der Waals surface area contributed by atoms with Crippen molar-refractivity contribution >= 4 is 54.5 Å². The number of carbonyl (C=O) groups excluding carboxylic acids is 2. The summed E-state index contributed by atoms with van der Waals surface area (Å²) in [6, 6.07) is 35.5. The predicted molar refractivity (Wildman–Crippen MR) is 262 cm³/mol. The molecule has 0 amide bonds. The molecule has 0 spiro atoms. The highest BCUT2D eigenvalue weighted by molar-refractivity contribution is 6.59. The van der Waals surface area contributed by atoms with Crippen molar-refractivity contribution in [2.45, 2.75) is 90.6 Å². The monoisotopic (exact) mass is 865 g/mol. The van der Waals surface area contributed by atoms with E-state index < -0.39 is 17.9 Å². The van der Waals surface area contributed by atoms with Gasteiger partial charge < -0.3 is 24.6 Å². The number of anilines is 1. The first-order valence-electron chi connectivity index (χ1n) is 22.3. The van der Waals surface area contributed by atoms with Crippen LogP contribution in [0.3, 0.4) is 0 Å². The lowest BCUT2D eigenvalue weighted by Crippen LogP contribution is -2.36. The van der Waals surface area contributed by atoms with Gasteiger partial charge in [-0.05, 0) is 98.3 Å². The number of fused-ring (bicyclic) bond motifs is 2. The summed E-state index contributed by atoms with van der Waals surface area (Å²) in [4.78, 5) is 32.5. The summed E-state index contributed by atoms with van der Waals surface area (Å²) in [7, 11) is -0.908. The van der Waals surface area contributed by atoms with Gasteiger partial charge in [0.05, 0.1) is 16.7 Å². The fraction of sp³-hybridized carbons (Fsp3) is 0.259. The zero-order valence-electron chi connectivity index (χ0n) is 38.0. The Bertz CT molecular complexity index is 2710. The van der Waals surface area contributed by atoms with Gasteiger partial charge in [0.25, 0.3) is 0 Å². The van der Waals surface area contributed by atoms with E-state index >= 15 is 0 Å². The molecule has 4 aromatic carbocycles. The summed E-state index contributed by atoms with van der Waals surface area (Å²) in [5.74, 6) is 0.632. The second-order valence-electron chi connectivity index (χ2n) is 17.9. The van der Waals surface area contributed by atoms with Gasteiger partial charge in [-0.1, -0.05) is 106 Å². The molecule has 0 fully saturated rings. The summed E-state index contributed by atoms with van der Waals surface area (Å²) >= 11 is 0. The van der Waals surface area contributed by atoms with E-state index in [2.05, 4.69) is 98.4 Å². The summed E-state index contributed by atoms with van der Waals surface area (Å²) in [5.41, 5.74) is 10.4. The van der Waals surface area contributed by atoms with Gasteiger partial charge in [-0.25, -0.2) is 0 Å². The van der Waals surface area contributed by atoms with Crippen LogP contribution in [0.4, 0.5) is 11.4 Å². The fourth-order valence-corrected chi connectivity index (χ4v) is 9.10. The maximum Gasteiger partial charge on any atom is 0.569 e. The second kappa shape index (κ2) is 20.2. The van der Waals surface area contributed by atoms with Gasteiger partial charge in [-0.15, -0.1) is 0 Å². The molecule has 0 atom stereocenters. The van der Waals surface area contributed by atoms with Gasteiger partial charge in [0, 0.05) is 71.2 Å². The molecule has 65 heavy (non-hydrogen) atoms. The third-order valence-corrected chi connectivity index (χ3v) is 12.7. The minimum absolute atomic E-state index is 0.00702. The number of ketones is 2. The number of hydrogen-bond donors (Lipinski definition) is 3. The average Bonchev–Trinajstić information content (AvgIpc) is 3.64. The van der Waals surface area contributed by atoms with Crippen molar-refractivity contribution < 1.29 is 33.9 Å². The van der Waals surface area contributed by atoms with Crippen LogP contribution in [0.5, 0.6) is 5.75 Å². The van der Waals surface area contributed by atoms with Crippen LogP contribution in [0.2, 0.25) is 0 Å². The van der Waals surface area contributed by atoms with Crippen molar-refractivity contribution in [2.75, 3.05) is 4.90 Å². The molecule has 5 aromatic rings. The molecule has 3 N–H and O–H groups in total. The van der Waals surface area contributed by atoms with Crippen LogP contribution in [-0.2, 0) is 28.7 Å². The van der Waals surface area contributed by atoms with Crippen LogP contribution in [0.15, 0.2) is 158 Å². The summed E-state index contributed by atoms with van der Waals surface area (Å²) < 4.78 is 7.81. The quantitative estimate of drug-likeness (QED) is 0.0188. The molecule has 329 valence electrons. The SMILES string of the molecule is C=C(C)C(=O)CCCCCC(=O)c1ccc(C(=C\C=C2/N(Cc3ccccc3B(O)O)c3ccccc3C2(C)C)/C=C/C2=[N+](Cc3ccccc3O[B]O)c3ccccc3C2(C)C)nc1. The molecule has 3 heterocycles. The number of carbonyl (C=O) groups is 2. The zero-order valence-corrected chi connectivity index (χ0v) is 38.0. The number of aromatic nitrogens is 1. The zero-order chi connectivity index (χ0) is 46.3. The van der Waals surface area contributed by atoms with Crippen LogP contribution in [0.25, 0.3) is 5.57 Å². The molecule has 9 nitrogen and oxygen atoms in total. The Kier molecular flexibility index (Phi) is 14.5. The van der Waals surface area contributed by atoms with Gasteiger partial charge in [-0.3, -0.25) is 14.6 Å². The molecule has 0 unspecified atom stereocenters. The number of hydrogen-bond acceptors (Lipinski definition) is 8. The highest BCUT2D eigenvalue weighted by atomic mass is 16.5. The smallest absolute Gasteiger partial charge is 0.537 e. The molecule has 1 radical (unpaired) electrons. The van der Waals surface area contributed by atoms with E-state index in [-0.39, 0.29) is 11.6 Å². The number of para-hydroxylation sites is 3. The van der Waals surface area contributed by atoms with Crippen molar-refractivity contribution in [3.63, 3.8) is 0 Å². The molecule has 0 saturated carbocycles. The molecule has 0 saturated heterocycles. The Morgan fingerprint density at radius 2 is 1.51 bits per heavy atom. The lowest BCUT2D eigenvalue weighted by atomic mass is 9.77. The topological polar surface area (TPSA) is 123 Å². The molecular weight excluding hydrogens is 808 g/mol. The third kappa shape index (κ3) is 10.1. The van der Waals surface area contributed by atoms with Crippen LogP contribution in [-0.4, -0.2) is 56.7 Å². The third-order valence-electron chi connectivity index (χ3n) is 12.7. The van der Waals surface area contributed by atoms with Gasteiger partial charge in [-0.2, -0.15) is 4.58 Å². The Morgan fingerprint density at radius 3 is 2.23 bits per heavy atom. The minimum atomic E-state index is -1.61. The Balaban J connectivity index is 1.30. The molecule has 0 bridgehead atoms. The number of Topliss-reactive ketones (excluding diaryl/α,β-unsaturated/α-hetero) is 2. The predicted octanol–water partition coefficient (Wildman–Crippen LogP) is 9.04. The van der Waals surface area contributed by atoms with Crippen molar-refractivity contribution in [1.29, 1.82) is 0 Å². The molecule has 2 aliphatic heterocycles. The number of rotatable bonds is 19. The van der Waals surface area contributed by atoms with Gasteiger partial charge >= 0.3 is 14.8 Å². The normalized spacial score (nSPS) is 15.6. The highest BCUT2D eigenvalue weighted by Crippen LogP contribution is 2.48. The molecular formula is C54H57B2N3O6+. The lowest BCUT2D eigenvalue weighted by Gasteiger charge is -2.28. The molecule has 11 heteroatoms. The number of nitrogens with zero attached hydrogens (tertiary/aromatic N) is 3. The van der Waals surface area contributed by atoms with Crippen LogP contribution >= 0.6 is 0 Å². The average molecular weight is 866 g/mol. The van der Waals surface area contributed by atoms with E-state index in [1.165, 1.54) is 5.56 Å².